The Morgan fingerprint density at radius 2 is 0.540 bits per heavy atom. The van der Waals surface area contributed by atoms with E-state index in [1.165, 1.54) is 291 Å². The standard InChI is InChI=1S/C19H32.C17H28.C16H26O.C16H26S.C15H30.C14H28O.C13H26.C12H24O.C12H24S/c1-17(2,3)14-11-15-19(7,18(4,5)6)16-12-9-8-10-13-16;1-6-7-11-14-16(2,3)17(4,5)15-12-9-8-10-13-15;2*1-15(2,12-9-13-17-5)16(3,4)14-10-7-6-8-11-14;1-13(2,3)9-7-11-15(6)12-8-10-14(15,4)5;1-13(2,9-8-12-15-4)14(3)10-6-5-7-11-14;1-5-6-7-10-13(4)11-8-9-12(13,2)3;2*1-11(2)7-5-8-12(11,3)9-6-10-13-4/h8-10,12-13H,11,14-15H2,1-7H3;8-10,12-13H,6-7,11,14H2,1-5H3;2*6-8,10-11H,9,12-13H2,1-5H3;7-12H2,1-6H3;5-12H2,1-4H3;5-11H2,1-4H3;2*5-10H2,1-4H3/t19-;;;;15-;;13-;2*12-/m1...1.100/s1. The van der Waals surface area contributed by atoms with Gasteiger partial charge >= 0.3 is 0 Å². The van der Waals surface area contributed by atoms with Crippen LogP contribution in [0.15, 0.2) is 121 Å². The van der Waals surface area contributed by atoms with Gasteiger partial charge in [-0.1, -0.05) is 488 Å². The highest BCUT2D eigenvalue weighted by molar-refractivity contribution is 7.98. The number of rotatable bonds is 42. The summed E-state index contributed by atoms with van der Waals surface area (Å²) in [6.45, 7) is 96.5. The van der Waals surface area contributed by atoms with Gasteiger partial charge in [0.05, 0.1) is 0 Å². The highest BCUT2D eigenvalue weighted by Crippen LogP contribution is 2.60. The summed E-state index contributed by atoms with van der Waals surface area (Å²) < 4.78 is 15.4. The van der Waals surface area contributed by atoms with Gasteiger partial charge in [0.2, 0.25) is 0 Å². The van der Waals surface area contributed by atoms with Crippen molar-refractivity contribution < 1.29 is 14.2 Å². The van der Waals surface area contributed by atoms with Crippen molar-refractivity contribution in [3.8, 4) is 0 Å². The van der Waals surface area contributed by atoms with Crippen molar-refractivity contribution in [2.45, 2.75) is 555 Å². The molecular weight excluding hydrogens is 1720 g/mol. The van der Waals surface area contributed by atoms with Crippen molar-refractivity contribution in [2.75, 3.05) is 65.2 Å². The van der Waals surface area contributed by atoms with E-state index in [0.717, 1.165) is 26.2 Å². The summed E-state index contributed by atoms with van der Waals surface area (Å²) in [6.07, 6.45) is 60.6. The maximum absolute atomic E-state index is 5.16. The van der Waals surface area contributed by atoms with Crippen molar-refractivity contribution in [3.05, 3.63) is 144 Å². The SMILES string of the molecule is CC(C)(C)CCC[C@](C)(c1ccccc1)C(C)(C)C.CC(C)(C)CCC[C@]1(C)CCCC1(C)C.CCCCCC(C)(C)C(C)(C)c1ccccc1.CCCCC[C@]1(C)CCCC1(C)C.COCCCC(C)(C)C(C)(C)c1ccccc1.COCCCC(C)(C)C1(C)CCCCC1.COCCC[C@]1(C)CCCC1(C)C.CSCCCC(C)(C)C(C)(C)c1ccccc1.CSCCC[C@]1(C)CCCC1(C)C. The molecule has 139 heavy (non-hydrogen) atoms. The molecule has 5 fully saturated rings. The zero-order valence-corrected chi connectivity index (χ0v) is 104. The predicted octanol–water partition coefficient (Wildman–Crippen LogP) is 43.9. The summed E-state index contributed by atoms with van der Waals surface area (Å²) in [5, 5.41) is 0. The van der Waals surface area contributed by atoms with Crippen LogP contribution < -0.4 is 0 Å². The minimum Gasteiger partial charge on any atom is -0.385 e. The zero-order chi connectivity index (χ0) is 107. The summed E-state index contributed by atoms with van der Waals surface area (Å²) in [7, 11) is 5.37. The van der Waals surface area contributed by atoms with Crippen molar-refractivity contribution in [2.24, 2.45) is 86.6 Å². The van der Waals surface area contributed by atoms with Gasteiger partial charge in [-0.25, -0.2) is 0 Å². The van der Waals surface area contributed by atoms with Crippen LogP contribution in [0.25, 0.3) is 0 Å². The van der Waals surface area contributed by atoms with Gasteiger partial charge in [0.15, 0.2) is 0 Å². The Morgan fingerprint density at radius 1 is 0.259 bits per heavy atom. The molecule has 0 aliphatic heterocycles. The van der Waals surface area contributed by atoms with Crippen LogP contribution >= 0.6 is 23.5 Å². The fourth-order valence-corrected chi connectivity index (χ4v) is 24.5. The Bertz CT molecular complexity index is 3490. The van der Waals surface area contributed by atoms with E-state index in [1.54, 1.807) is 21.3 Å². The third-order valence-corrected chi connectivity index (χ3v) is 41.9. The first-order valence-electron chi connectivity index (χ1n) is 57.7. The molecular formula is C134H244O3S2. The zero-order valence-electron chi connectivity index (χ0n) is 102. The molecule has 810 valence electrons. The lowest BCUT2D eigenvalue weighted by Crippen LogP contribution is -2.37. The minimum atomic E-state index is 0.183. The van der Waals surface area contributed by atoms with Crippen molar-refractivity contribution in [1.82, 2.24) is 0 Å². The van der Waals surface area contributed by atoms with Gasteiger partial charge in [0.25, 0.3) is 0 Å². The number of benzene rings is 4. The molecule has 0 N–H and O–H groups in total. The molecule has 0 amide bonds. The second-order valence-corrected chi connectivity index (χ2v) is 59.0. The number of unbranched alkanes of at least 4 members (excludes halogenated alkanes) is 4. The summed E-state index contributed by atoms with van der Waals surface area (Å²) in [4.78, 5) is 0. The number of methoxy groups -OCH3 is 3. The third kappa shape index (κ3) is 43.9. The van der Waals surface area contributed by atoms with E-state index < -0.39 is 0 Å². The van der Waals surface area contributed by atoms with Gasteiger partial charge in [-0.05, 0) is 322 Å². The van der Waals surface area contributed by atoms with Gasteiger partial charge in [-0.2, -0.15) is 23.5 Å². The fourth-order valence-electron chi connectivity index (χ4n) is 23.6. The van der Waals surface area contributed by atoms with Gasteiger partial charge < -0.3 is 14.2 Å². The molecule has 9 rings (SSSR count). The van der Waals surface area contributed by atoms with E-state index >= 15 is 0 Å². The van der Waals surface area contributed by atoms with Crippen molar-refractivity contribution in [1.29, 1.82) is 0 Å². The van der Waals surface area contributed by atoms with E-state index in [4.69, 9.17) is 14.2 Å². The van der Waals surface area contributed by atoms with E-state index in [0.29, 0.717) is 75.8 Å². The Balaban J connectivity index is 0.000000784. The minimum absolute atomic E-state index is 0.183. The van der Waals surface area contributed by atoms with Crippen LogP contribution in [0.1, 0.15) is 556 Å². The Kier molecular flexibility index (Phi) is 59.0. The molecule has 5 aliphatic carbocycles. The maximum atomic E-state index is 5.16. The van der Waals surface area contributed by atoms with Crippen molar-refractivity contribution in [3.63, 3.8) is 0 Å². The number of ether oxygens (including phenoxy) is 3. The van der Waals surface area contributed by atoms with E-state index in [9.17, 15) is 0 Å². The maximum Gasteiger partial charge on any atom is 0.0462 e. The van der Waals surface area contributed by atoms with Crippen molar-refractivity contribution >= 4 is 23.5 Å². The number of hydrogen-bond acceptors (Lipinski definition) is 5. The quantitative estimate of drug-likeness (QED) is 0.0412. The Morgan fingerprint density at radius 3 is 0.849 bits per heavy atom. The number of hydrogen-bond donors (Lipinski definition) is 0. The first-order valence-corrected chi connectivity index (χ1v) is 60.5. The monoisotopic (exact) mass is 1970 g/mol. The highest BCUT2D eigenvalue weighted by Gasteiger charge is 2.49. The molecule has 0 unspecified atom stereocenters. The summed E-state index contributed by atoms with van der Waals surface area (Å²) in [6, 6.07) is 43.7. The molecule has 4 aromatic carbocycles. The largest absolute Gasteiger partial charge is 0.385 e. The lowest BCUT2D eigenvalue weighted by molar-refractivity contribution is 0.0284. The molecule has 0 aromatic heterocycles. The van der Waals surface area contributed by atoms with Crippen LogP contribution in [0.4, 0.5) is 0 Å². The lowest BCUT2D eigenvalue weighted by Gasteiger charge is -2.47. The normalized spacial score (nSPS) is 21.6. The van der Waals surface area contributed by atoms with Gasteiger partial charge in [0.1, 0.15) is 0 Å². The average molecular weight is 1970 g/mol. The number of thioether (sulfide) groups is 2. The summed E-state index contributed by atoms with van der Waals surface area (Å²) >= 11 is 3.93. The molecule has 0 saturated heterocycles. The smallest absolute Gasteiger partial charge is 0.0462 e. The molecule has 0 radical (unpaired) electrons. The molecule has 5 heteroatoms. The highest BCUT2D eigenvalue weighted by atomic mass is 32.2. The molecule has 5 atom stereocenters. The molecule has 4 aromatic rings. The molecule has 0 bridgehead atoms. The van der Waals surface area contributed by atoms with Crippen LogP contribution in [-0.4, -0.2) is 65.2 Å². The molecule has 3 nitrogen and oxygen atoms in total. The first-order chi connectivity index (χ1) is 64.0. The second kappa shape index (κ2) is 60.9. The van der Waals surface area contributed by atoms with Gasteiger partial charge in [-0.3, -0.25) is 0 Å². The van der Waals surface area contributed by atoms with E-state index in [2.05, 4.69) is 404 Å². The topological polar surface area (TPSA) is 27.7 Å². The van der Waals surface area contributed by atoms with E-state index in [1.807, 2.05) is 23.5 Å². The van der Waals surface area contributed by atoms with Crippen LogP contribution in [-0.2, 0) is 35.9 Å². The Labute approximate surface area is 881 Å². The lowest BCUT2D eigenvalue weighted by atomic mass is 9.58. The van der Waals surface area contributed by atoms with Crippen LogP contribution in [0.2, 0.25) is 0 Å². The van der Waals surface area contributed by atoms with E-state index in [-0.39, 0.29) is 32.5 Å². The van der Waals surface area contributed by atoms with Gasteiger partial charge in [-0.15, -0.1) is 0 Å². The van der Waals surface area contributed by atoms with Crippen LogP contribution in [0.5, 0.6) is 0 Å². The molecule has 5 aliphatic rings. The second-order valence-electron chi connectivity index (χ2n) is 57.0. The Hall–Kier alpha value is -2.54. The van der Waals surface area contributed by atoms with Crippen LogP contribution in [0.3, 0.4) is 0 Å². The molecule has 0 heterocycles. The summed E-state index contributed by atoms with van der Waals surface area (Å²) in [5.74, 6) is 2.61. The first kappa shape index (κ1) is 134. The fraction of sp³-hybridized carbons (Fsp3) is 0.821. The van der Waals surface area contributed by atoms with Gasteiger partial charge in [0, 0.05) is 41.2 Å². The predicted molar refractivity (Wildman–Crippen MR) is 634 cm³/mol. The molecule has 5 saturated carbocycles. The summed E-state index contributed by atoms with van der Waals surface area (Å²) in [5.41, 5.74) is 14.7. The third-order valence-electron chi connectivity index (χ3n) is 40.5. The van der Waals surface area contributed by atoms with Crippen LogP contribution in [0, 0.1) is 86.6 Å². The average Bonchev–Trinajstić information content (AvgIpc) is 1.48. The molecule has 0 spiro atoms.